The lowest BCUT2D eigenvalue weighted by molar-refractivity contribution is 0.0886. The molecule has 0 spiro atoms. The van der Waals surface area contributed by atoms with Gasteiger partial charge < -0.3 is 10.2 Å². The number of aryl methyl sites for hydroxylation is 1. The van der Waals surface area contributed by atoms with Crippen molar-refractivity contribution in [3.05, 3.63) is 77.0 Å². The lowest BCUT2D eigenvalue weighted by atomic mass is 9.67. The summed E-state index contributed by atoms with van der Waals surface area (Å²) < 4.78 is 1.77. The minimum atomic E-state index is -0.375. The number of anilines is 1. The number of aromatic nitrogens is 4. The second kappa shape index (κ2) is 11.1. The van der Waals surface area contributed by atoms with Gasteiger partial charge in [0.05, 0.1) is 33.8 Å². The van der Waals surface area contributed by atoms with Gasteiger partial charge in [-0.3, -0.25) is 4.79 Å². The van der Waals surface area contributed by atoms with Gasteiger partial charge in [0, 0.05) is 48.3 Å². The Hall–Kier alpha value is -4.47. The van der Waals surface area contributed by atoms with Crippen LogP contribution >= 0.6 is 11.6 Å². The number of nitriles is 2. The molecule has 10 heteroatoms. The van der Waals surface area contributed by atoms with Crippen LogP contribution in [0.2, 0.25) is 5.02 Å². The molecule has 4 aromatic rings. The van der Waals surface area contributed by atoms with Crippen LogP contribution < -0.4 is 10.2 Å². The van der Waals surface area contributed by atoms with Crippen LogP contribution in [0.3, 0.4) is 0 Å². The predicted molar refractivity (Wildman–Crippen MR) is 160 cm³/mol. The molecular weight excluding hydrogens is 548 g/mol. The number of amides is 1. The van der Waals surface area contributed by atoms with E-state index in [9.17, 15) is 15.3 Å². The molecular formula is C32H31ClN8O. The van der Waals surface area contributed by atoms with E-state index >= 15 is 0 Å². The molecule has 0 atom stereocenters. The number of pyridine rings is 3. The fraction of sp³-hybridized carbons (Fsp3) is 0.375. The summed E-state index contributed by atoms with van der Waals surface area (Å²) in [4.78, 5) is 24.0. The number of piperidine rings is 1. The Kier molecular flexibility index (Phi) is 7.30. The highest BCUT2D eigenvalue weighted by molar-refractivity contribution is 6.33. The molecule has 1 N–H and O–H groups in total. The van der Waals surface area contributed by atoms with Crippen molar-refractivity contribution in [2.45, 2.75) is 57.4 Å². The Morgan fingerprint density at radius 1 is 1.12 bits per heavy atom. The summed E-state index contributed by atoms with van der Waals surface area (Å²) in [6.07, 6.45) is 13.1. The van der Waals surface area contributed by atoms with E-state index in [2.05, 4.69) is 45.4 Å². The minimum Gasteiger partial charge on any atom is -0.356 e. The molecule has 2 fully saturated rings. The molecule has 1 saturated carbocycles. The van der Waals surface area contributed by atoms with Crippen LogP contribution in [-0.4, -0.2) is 44.1 Å². The summed E-state index contributed by atoms with van der Waals surface area (Å²) in [6, 6.07) is 14.3. The van der Waals surface area contributed by atoms with E-state index in [-0.39, 0.29) is 22.6 Å². The maximum Gasteiger partial charge on any atom is 0.271 e. The van der Waals surface area contributed by atoms with Gasteiger partial charge >= 0.3 is 0 Å². The van der Waals surface area contributed by atoms with Gasteiger partial charge in [-0.05, 0) is 81.3 Å². The molecule has 1 saturated heterocycles. The zero-order valence-electron chi connectivity index (χ0n) is 23.5. The monoisotopic (exact) mass is 578 g/mol. The van der Waals surface area contributed by atoms with Crippen molar-refractivity contribution in [2.24, 2.45) is 5.41 Å². The fourth-order valence-corrected chi connectivity index (χ4v) is 6.20. The molecule has 5 heterocycles. The average Bonchev–Trinajstić information content (AvgIpc) is 3.40. The van der Waals surface area contributed by atoms with Crippen LogP contribution in [0.4, 0.5) is 5.82 Å². The molecule has 1 aliphatic heterocycles. The number of nitrogens with zero attached hydrogens (tertiary/aromatic N) is 7. The van der Waals surface area contributed by atoms with Crippen LogP contribution in [0, 0.1) is 28.1 Å². The van der Waals surface area contributed by atoms with E-state index in [1.165, 1.54) is 0 Å². The van der Waals surface area contributed by atoms with Crippen molar-refractivity contribution < 1.29 is 4.79 Å². The quantitative estimate of drug-likeness (QED) is 0.297. The standard InChI is InChI=1S/C32H31ClN8O/c1-31(39-30(42)28-26(33)4-2-13-36-28)11-14-40(15-12-31)27-6-5-23(18-37-27)25-16-22(7-10-32(21-35)8-3-9-32)20-41-29(25)24(17-34)19-38-41/h2,4-6,13,16,18-20H,3,7-12,14-15H2,1H3,(H,39,42). The Morgan fingerprint density at radius 3 is 2.57 bits per heavy atom. The second-order valence-electron chi connectivity index (χ2n) is 11.7. The van der Waals surface area contributed by atoms with E-state index in [1.54, 1.807) is 29.0 Å². The summed E-state index contributed by atoms with van der Waals surface area (Å²) in [5, 5.41) is 27.3. The maximum absolute atomic E-state index is 12.8. The molecule has 1 aliphatic carbocycles. The first-order valence-corrected chi connectivity index (χ1v) is 14.7. The molecule has 212 valence electrons. The Bertz CT molecular complexity index is 1720. The zero-order chi connectivity index (χ0) is 29.3. The molecule has 0 bridgehead atoms. The Balaban J connectivity index is 1.18. The van der Waals surface area contributed by atoms with Crippen molar-refractivity contribution in [3.63, 3.8) is 0 Å². The van der Waals surface area contributed by atoms with E-state index < -0.39 is 0 Å². The lowest BCUT2D eigenvalue weighted by Gasteiger charge is -2.40. The highest BCUT2D eigenvalue weighted by Crippen LogP contribution is 2.44. The number of nitrogens with one attached hydrogen (secondary N) is 1. The summed E-state index contributed by atoms with van der Waals surface area (Å²) in [6.45, 7) is 3.52. The first kappa shape index (κ1) is 27.7. The van der Waals surface area contributed by atoms with Gasteiger partial charge in [-0.15, -0.1) is 0 Å². The normalized spacial score (nSPS) is 17.2. The van der Waals surface area contributed by atoms with Crippen LogP contribution in [0.25, 0.3) is 16.6 Å². The van der Waals surface area contributed by atoms with Gasteiger partial charge in [0.1, 0.15) is 17.6 Å². The number of halogens is 1. The lowest BCUT2D eigenvalue weighted by Crippen LogP contribution is -2.53. The van der Waals surface area contributed by atoms with Gasteiger partial charge in [-0.2, -0.15) is 15.6 Å². The van der Waals surface area contributed by atoms with Crippen molar-refractivity contribution in [1.29, 1.82) is 10.5 Å². The zero-order valence-corrected chi connectivity index (χ0v) is 24.2. The fourth-order valence-electron chi connectivity index (χ4n) is 5.99. The Morgan fingerprint density at radius 2 is 1.93 bits per heavy atom. The van der Waals surface area contributed by atoms with E-state index in [4.69, 9.17) is 16.6 Å². The molecule has 42 heavy (non-hydrogen) atoms. The second-order valence-corrected chi connectivity index (χ2v) is 12.1. The number of hydrogen-bond donors (Lipinski definition) is 1. The Labute approximate surface area is 249 Å². The molecule has 1 amide bonds. The van der Waals surface area contributed by atoms with E-state index in [0.29, 0.717) is 10.6 Å². The molecule has 0 unspecified atom stereocenters. The predicted octanol–water partition coefficient (Wildman–Crippen LogP) is 5.73. The molecule has 0 aromatic carbocycles. The number of hydrogen-bond acceptors (Lipinski definition) is 7. The third-order valence-electron chi connectivity index (χ3n) is 8.87. The SMILES string of the molecule is CC1(NC(=O)c2ncccc2Cl)CCN(c2ccc(-c3cc(CCC4(C#N)CCC4)cn4ncc(C#N)c34)cn2)CC1. The molecule has 4 aromatic heterocycles. The number of carbonyl (C=O) groups excluding carboxylic acids is 1. The summed E-state index contributed by atoms with van der Waals surface area (Å²) in [7, 11) is 0. The van der Waals surface area contributed by atoms with E-state index in [1.807, 2.05) is 24.5 Å². The van der Waals surface area contributed by atoms with Crippen LogP contribution in [0.5, 0.6) is 0 Å². The van der Waals surface area contributed by atoms with E-state index in [0.717, 1.165) is 86.1 Å². The largest absolute Gasteiger partial charge is 0.356 e. The van der Waals surface area contributed by atoms with Gasteiger partial charge in [0.25, 0.3) is 5.91 Å². The first-order chi connectivity index (χ1) is 20.3. The van der Waals surface area contributed by atoms with Crippen molar-refractivity contribution in [1.82, 2.24) is 24.9 Å². The van der Waals surface area contributed by atoms with Crippen molar-refractivity contribution in [2.75, 3.05) is 18.0 Å². The summed E-state index contributed by atoms with van der Waals surface area (Å²) >= 11 is 6.17. The average molecular weight is 579 g/mol. The molecule has 9 nitrogen and oxygen atoms in total. The van der Waals surface area contributed by atoms with Crippen molar-refractivity contribution >= 4 is 28.8 Å². The molecule has 2 aliphatic rings. The van der Waals surface area contributed by atoms with Crippen LogP contribution in [0.15, 0.2) is 55.1 Å². The number of rotatable bonds is 7. The minimum absolute atomic E-state index is 0.209. The summed E-state index contributed by atoms with van der Waals surface area (Å²) in [5.41, 5.74) is 3.82. The van der Waals surface area contributed by atoms with Gasteiger partial charge in [-0.1, -0.05) is 18.0 Å². The number of fused-ring (bicyclic) bond motifs is 1. The van der Waals surface area contributed by atoms with Crippen molar-refractivity contribution in [3.8, 4) is 23.3 Å². The molecule has 6 rings (SSSR count). The van der Waals surface area contributed by atoms with Gasteiger partial charge in [0.2, 0.25) is 0 Å². The maximum atomic E-state index is 12.8. The third-order valence-corrected chi connectivity index (χ3v) is 9.17. The van der Waals surface area contributed by atoms with Gasteiger partial charge in [-0.25, -0.2) is 14.5 Å². The third kappa shape index (κ3) is 5.29. The molecule has 0 radical (unpaired) electrons. The number of carbonyl (C=O) groups is 1. The first-order valence-electron chi connectivity index (χ1n) is 14.3. The smallest absolute Gasteiger partial charge is 0.271 e. The highest BCUT2D eigenvalue weighted by Gasteiger charge is 2.36. The van der Waals surface area contributed by atoms with Crippen LogP contribution in [-0.2, 0) is 6.42 Å². The van der Waals surface area contributed by atoms with Crippen LogP contribution in [0.1, 0.15) is 67.1 Å². The topological polar surface area (TPSA) is 123 Å². The highest BCUT2D eigenvalue weighted by atomic mass is 35.5. The summed E-state index contributed by atoms with van der Waals surface area (Å²) in [5.74, 6) is 0.599. The van der Waals surface area contributed by atoms with Gasteiger partial charge in [0.15, 0.2) is 0 Å².